The Labute approximate surface area is 197 Å². The van der Waals surface area contributed by atoms with Crippen molar-refractivity contribution in [2.45, 2.75) is 124 Å². The third-order valence-corrected chi connectivity index (χ3v) is 13.3. The smallest absolute Gasteiger partial charge is 0.0744 e. The topological polar surface area (TPSA) is 40.5 Å². The van der Waals surface area contributed by atoms with Crippen LogP contribution < -0.4 is 0 Å². The lowest BCUT2D eigenvalue weighted by Crippen LogP contribution is -2.57. The van der Waals surface area contributed by atoms with E-state index >= 15 is 0 Å². The van der Waals surface area contributed by atoms with E-state index in [4.69, 9.17) is 0 Å². The van der Waals surface area contributed by atoms with Crippen LogP contribution in [0.3, 0.4) is 0 Å². The minimum atomic E-state index is -0.334. The molecule has 182 valence electrons. The molecule has 0 bridgehead atoms. The van der Waals surface area contributed by atoms with E-state index in [9.17, 15) is 10.2 Å². The quantitative estimate of drug-likeness (QED) is 0.444. The van der Waals surface area contributed by atoms with Gasteiger partial charge in [-0.05, 0) is 128 Å². The van der Waals surface area contributed by atoms with Gasteiger partial charge in [0.25, 0.3) is 0 Å². The number of hydrogen-bond acceptors (Lipinski definition) is 2. The highest BCUT2D eigenvalue weighted by atomic mass is 16.3. The zero-order valence-electron chi connectivity index (χ0n) is 21.8. The Morgan fingerprint density at radius 2 is 1.53 bits per heavy atom. The van der Waals surface area contributed by atoms with Crippen LogP contribution in [0.1, 0.15) is 112 Å². The molecular weight excluding hydrogens is 392 g/mol. The average molecular weight is 443 g/mol. The second-order valence-electron chi connectivity index (χ2n) is 14.4. The molecule has 5 fully saturated rings. The van der Waals surface area contributed by atoms with Crippen LogP contribution in [-0.4, -0.2) is 22.4 Å². The normalized spacial score (nSPS) is 52.8. The summed E-state index contributed by atoms with van der Waals surface area (Å²) in [5.74, 6) is 3.08. The molecule has 10 atom stereocenters. The summed E-state index contributed by atoms with van der Waals surface area (Å²) in [6.45, 7) is 18.5. The maximum Gasteiger partial charge on any atom is 0.0744 e. The summed E-state index contributed by atoms with van der Waals surface area (Å²) in [5.41, 5.74) is 3.03. The zero-order chi connectivity index (χ0) is 23.3. The van der Waals surface area contributed by atoms with Crippen LogP contribution in [0.25, 0.3) is 0 Å². The van der Waals surface area contributed by atoms with Crippen molar-refractivity contribution in [1.82, 2.24) is 0 Å². The van der Waals surface area contributed by atoms with Crippen molar-refractivity contribution < 1.29 is 10.2 Å². The zero-order valence-corrected chi connectivity index (χ0v) is 21.8. The van der Waals surface area contributed by atoms with Crippen molar-refractivity contribution >= 4 is 0 Å². The monoisotopic (exact) mass is 442 g/mol. The maximum absolute atomic E-state index is 10.8. The molecule has 2 nitrogen and oxygen atoms in total. The van der Waals surface area contributed by atoms with E-state index < -0.39 is 0 Å². The van der Waals surface area contributed by atoms with Gasteiger partial charge in [0.05, 0.1) is 12.2 Å². The highest BCUT2D eigenvalue weighted by molar-refractivity contribution is 5.30. The Morgan fingerprint density at radius 3 is 2.22 bits per heavy atom. The third-order valence-electron chi connectivity index (χ3n) is 13.3. The molecule has 2 N–H and O–H groups in total. The predicted octanol–water partition coefficient (Wildman–Crippen LogP) is 7.14. The van der Waals surface area contributed by atoms with Gasteiger partial charge in [-0.2, -0.15) is 0 Å². The van der Waals surface area contributed by atoms with Crippen LogP contribution in [-0.2, 0) is 0 Å². The van der Waals surface area contributed by atoms with E-state index in [0.29, 0.717) is 27.6 Å². The maximum atomic E-state index is 10.8. The lowest BCUT2D eigenvalue weighted by Gasteiger charge is -2.63. The van der Waals surface area contributed by atoms with Crippen LogP contribution in [0.5, 0.6) is 0 Å². The van der Waals surface area contributed by atoms with Gasteiger partial charge in [-0.1, -0.05) is 46.8 Å². The second kappa shape index (κ2) is 7.09. The SMILES string of the molecule is C=C(C)[C@H](O)CC[C@H](C)[C@H]1CC[C@@]2(C)[C@H]3CC[C@H]4C(C)(C)[C@@H](O)CC[C@@]45C[C@@]35CC[C@]12C. The van der Waals surface area contributed by atoms with Gasteiger partial charge in [0.15, 0.2) is 0 Å². The van der Waals surface area contributed by atoms with E-state index in [2.05, 4.69) is 41.2 Å². The standard InChI is InChI=1S/C30H50O2/c1-19(2)22(31)9-8-20(3)21-12-14-28(7)24-11-10-23-26(4,5)25(32)13-15-29(23)18-30(24,29)17-16-27(21,28)6/h20-25,31-32H,1,8-18H2,2-7H3/t20-,21+,22+,23-,24+,25-,27+,28-,29+,30-/m0/s1. The van der Waals surface area contributed by atoms with Gasteiger partial charge in [0.2, 0.25) is 0 Å². The average Bonchev–Trinajstić information content (AvgIpc) is 3.31. The summed E-state index contributed by atoms with van der Waals surface area (Å²) in [6.07, 6.45) is 13.7. The van der Waals surface area contributed by atoms with E-state index in [-0.39, 0.29) is 17.6 Å². The Hall–Kier alpha value is -0.340. The third kappa shape index (κ3) is 2.72. The first-order valence-electron chi connectivity index (χ1n) is 13.9. The first-order chi connectivity index (χ1) is 14.9. The van der Waals surface area contributed by atoms with Gasteiger partial charge in [0.1, 0.15) is 0 Å². The van der Waals surface area contributed by atoms with Gasteiger partial charge in [-0.25, -0.2) is 0 Å². The molecule has 0 aromatic carbocycles. The largest absolute Gasteiger partial charge is 0.393 e. The molecule has 5 aliphatic rings. The van der Waals surface area contributed by atoms with Gasteiger partial charge in [-0.15, -0.1) is 0 Å². The molecule has 0 saturated heterocycles. The second-order valence-corrected chi connectivity index (χ2v) is 14.4. The van der Waals surface area contributed by atoms with E-state index in [1.165, 1.54) is 51.4 Å². The highest BCUT2D eigenvalue weighted by Crippen LogP contribution is 2.89. The van der Waals surface area contributed by atoms with E-state index in [1.807, 2.05) is 6.92 Å². The molecule has 2 spiro atoms. The molecule has 0 amide bonds. The van der Waals surface area contributed by atoms with Crippen molar-refractivity contribution in [3.8, 4) is 0 Å². The number of fused-ring (bicyclic) bond motifs is 2. The van der Waals surface area contributed by atoms with Crippen molar-refractivity contribution in [2.24, 2.45) is 50.7 Å². The molecule has 0 aliphatic heterocycles. The van der Waals surface area contributed by atoms with Crippen LogP contribution in [0.4, 0.5) is 0 Å². The first-order valence-corrected chi connectivity index (χ1v) is 13.9. The van der Waals surface area contributed by atoms with Crippen molar-refractivity contribution in [3.63, 3.8) is 0 Å². The van der Waals surface area contributed by atoms with Crippen LogP contribution in [0.2, 0.25) is 0 Å². The lowest BCUT2D eigenvalue weighted by atomic mass is 9.41. The van der Waals surface area contributed by atoms with Gasteiger partial charge in [-0.3, -0.25) is 0 Å². The molecule has 0 radical (unpaired) electrons. The summed E-state index contributed by atoms with van der Waals surface area (Å²) in [5, 5.41) is 21.2. The number of hydrogen-bond donors (Lipinski definition) is 2. The van der Waals surface area contributed by atoms with Crippen molar-refractivity contribution in [3.05, 3.63) is 12.2 Å². The van der Waals surface area contributed by atoms with E-state index in [1.54, 1.807) is 0 Å². The van der Waals surface area contributed by atoms with E-state index in [0.717, 1.165) is 42.6 Å². The fourth-order valence-corrected chi connectivity index (χ4v) is 11.2. The Kier molecular flexibility index (Phi) is 5.19. The summed E-state index contributed by atoms with van der Waals surface area (Å²) >= 11 is 0. The Bertz CT molecular complexity index is 786. The van der Waals surface area contributed by atoms with Crippen molar-refractivity contribution in [1.29, 1.82) is 0 Å². The van der Waals surface area contributed by atoms with Gasteiger partial charge >= 0.3 is 0 Å². The van der Waals surface area contributed by atoms with Gasteiger partial charge in [0, 0.05) is 0 Å². The fraction of sp³-hybridized carbons (Fsp3) is 0.933. The lowest BCUT2D eigenvalue weighted by molar-refractivity contribution is -0.161. The molecule has 32 heavy (non-hydrogen) atoms. The Morgan fingerprint density at radius 1 is 0.875 bits per heavy atom. The van der Waals surface area contributed by atoms with Gasteiger partial charge < -0.3 is 10.2 Å². The molecular formula is C30H50O2. The predicted molar refractivity (Wildman–Crippen MR) is 132 cm³/mol. The molecule has 2 heteroatoms. The number of rotatable bonds is 5. The summed E-state index contributed by atoms with van der Waals surface area (Å²) in [7, 11) is 0. The highest BCUT2D eigenvalue weighted by Gasteiger charge is 2.82. The minimum Gasteiger partial charge on any atom is -0.393 e. The Balaban J connectivity index is 1.39. The van der Waals surface area contributed by atoms with Crippen molar-refractivity contribution in [2.75, 3.05) is 0 Å². The molecule has 0 aromatic rings. The van der Waals surface area contributed by atoms with Crippen LogP contribution >= 0.6 is 0 Å². The molecule has 0 aromatic heterocycles. The minimum absolute atomic E-state index is 0.0885. The molecule has 5 rings (SSSR count). The molecule has 5 saturated carbocycles. The van der Waals surface area contributed by atoms with Crippen LogP contribution in [0.15, 0.2) is 12.2 Å². The molecule has 0 heterocycles. The fourth-order valence-electron chi connectivity index (χ4n) is 11.2. The van der Waals surface area contributed by atoms with Crippen LogP contribution in [0, 0.1) is 50.7 Å². The summed E-state index contributed by atoms with van der Waals surface area (Å²) in [6, 6.07) is 0. The summed E-state index contributed by atoms with van der Waals surface area (Å²) in [4.78, 5) is 0. The number of aliphatic hydroxyl groups excluding tert-OH is 2. The molecule has 5 aliphatic carbocycles. The first kappa shape index (κ1) is 23.4. The number of aliphatic hydroxyl groups is 2. The molecule has 0 unspecified atom stereocenters. The summed E-state index contributed by atoms with van der Waals surface area (Å²) < 4.78 is 0.